The van der Waals surface area contributed by atoms with Crippen LogP contribution in [0.1, 0.15) is 16.8 Å². The van der Waals surface area contributed by atoms with Gasteiger partial charge in [0, 0.05) is 17.6 Å². The number of nitrogens with two attached hydrogens (primary N) is 2. The Labute approximate surface area is 171 Å². The number of H-pyrrole nitrogens is 1. The van der Waals surface area contributed by atoms with Crippen molar-refractivity contribution in [3.05, 3.63) is 71.9 Å². The molecule has 0 bridgehead atoms. The number of hydrogen-bond donors (Lipinski definition) is 3. The molecule has 0 aliphatic carbocycles. The van der Waals surface area contributed by atoms with Crippen LogP contribution in [0.25, 0.3) is 33.2 Å². The summed E-state index contributed by atoms with van der Waals surface area (Å²) in [5, 5.41) is 10.1. The molecule has 5 N–H and O–H groups in total. The second-order valence-corrected chi connectivity index (χ2v) is 7.09. The van der Waals surface area contributed by atoms with E-state index in [2.05, 4.69) is 44.2 Å². The Balaban J connectivity index is 1.66. The largest absolute Gasteiger partial charge is 0.382 e. The molecule has 0 unspecified atom stereocenters. The van der Waals surface area contributed by atoms with E-state index in [0.717, 1.165) is 33.3 Å². The molecule has 0 saturated carbocycles. The van der Waals surface area contributed by atoms with Crippen molar-refractivity contribution in [2.24, 2.45) is 5.73 Å². The molecule has 0 spiro atoms. The molecule has 0 amide bonds. The lowest BCUT2D eigenvalue weighted by molar-refractivity contribution is 0.817. The molecule has 0 atom stereocenters. The Morgan fingerprint density at radius 3 is 2.63 bits per heavy atom. The monoisotopic (exact) mass is 394 g/mol. The third-order valence-electron chi connectivity index (χ3n) is 5.20. The van der Waals surface area contributed by atoms with Crippen LogP contribution < -0.4 is 11.5 Å². The van der Waals surface area contributed by atoms with E-state index in [0.29, 0.717) is 35.6 Å². The highest BCUT2D eigenvalue weighted by Gasteiger charge is 2.13. The summed E-state index contributed by atoms with van der Waals surface area (Å²) in [5.41, 5.74) is 18.9. The summed E-state index contributed by atoms with van der Waals surface area (Å²) in [6.45, 7) is 0.982. The number of nitriles is 1. The first kappa shape index (κ1) is 17.8. The zero-order valence-electron chi connectivity index (χ0n) is 16.0. The molecule has 0 fully saturated rings. The maximum atomic E-state index is 9.07. The smallest absolute Gasteiger partial charge is 0.165 e. The highest BCUT2D eigenvalue weighted by atomic mass is 15.1. The molecule has 8 heteroatoms. The molecule has 5 rings (SSSR count). The van der Waals surface area contributed by atoms with Gasteiger partial charge in [-0.3, -0.25) is 0 Å². The van der Waals surface area contributed by atoms with Crippen molar-refractivity contribution in [2.75, 3.05) is 5.73 Å². The number of aromatic amines is 1. The number of nitrogens with zero attached hydrogens (tertiary/aromatic N) is 5. The summed E-state index contributed by atoms with van der Waals surface area (Å²) < 4.78 is 1.95. The molecule has 5 aromatic rings. The lowest BCUT2D eigenvalue weighted by Crippen LogP contribution is -2.02. The standard InChI is InChI=1S/C22H18N8/c23-8-13-1-3-14(4-2-13)15-5-16-7-18(9-24)29-19(16)17(6-15)10-30-12-28-20-21(25)26-11-27-22(20)30/h1-7,11-12,29H,9-10,24H2,(H2,25,26,27). The van der Waals surface area contributed by atoms with E-state index in [-0.39, 0.29) is 0 Å². The van der Waals surface area contributed by atoms with Crippen molar-refractivity contribution in [1.29, 1.82) is 5.26 Å². The number of nitrogens with one attached hydrogen (secondary N) is 1. The zero-order chi connectivity index (χ0) is 20.7. The number of rotatable bonds is 4. The van der Waals surface area contributed by atoms with Crippen molar-refractivity contribution in [3.63, 3.8) is 0 Å². The number of imidazole rings is 1. The van der Waals surface area contributed by atoms with Crippen molar-refractivity contribution in [3.8, 4) is 17.2 Å². The molecule has 8 nitrogen and oxygen atoms in total. The number of anilines is 1. The third kappa shape index (κ3) is 2.94. The normalized spacial score (nSPS) is 11.2. The van der Waals surface area contributed by atoms with E-state index in [4.69, 9.17) is 16.7 Å². The van der Waals surface area contributed by atoms with Gasteiger partial charge < -0.3 is 21.0 Å². The minimum absolute atomic E-state index is 0.362. The minimum atomic E-state index is 0.362. The fourth-order valence-corrected chi connectivity index (χ4v) is 3.71. The molecule has 30 heavy (non-hydrogen) atoms. The molecular formula is C22H18N8. The topological polar surface area (TPSA) is 135 Å². The first-order chi connectivity index (χ1) is 14.7. The minimum Gasteiger partial charge on any atom is -0.382 e. The van der Waals surface area contributed by atoms with Crippen molar-refractivity contribution in [1.82, 2.24) is 24.5 Å². The molecule has 0 radical (unpaired) electrons. The van der Waals surface area contributed by atoms with Crippen molar-refractivity contribution in [2.45, 2.75) is 13.1 Å². The number of aromatic nitrogens is 5. The van der Waals surface area contributed by atoms with Gasteiger partial charge in [-0.25, -0.2) is 15.0 Å². The highest BCUT2D eigenvalue weighted by molar-refractivity contribution is 5.89. The lowest BCUT2D eigenvalue weighted by Gasteiger charge is -2.10. The number of fused-ring (bicyclic) bond motifs is 2. The Hall–Kier alpha value is -4.22. The fourth-order valence-electron chi connectivity index (χ4n) is 3.71. The highest BCUT2D eigenvalue weighted by Crippen LogP contribution is 2.30. The van der Waals surface area contributed by atoms with Crippen LogP contribution in [-0.4, -0.2) is 24.5 Å². The second-order valence-electron chi connectivity index (χ2n) is 7.09. The Kier molecular flexibility index (Phi) is 4.16. The average molecular weight is 394 g/mol. The summed E-state index contributed by atoms with van der Waals surface area (Å²) in [5.74, 6) is 0.362. The van der Waals surface area contributed by atoms with Gasteiger partial charge in [-0.05, 0) is 47.0 Å². The Bertz CT molecular complexity index is 1420. The van der Waals surface area contributed by atoms with E-state index in [9.17, 15) is 0 Å². The number of hydrogen-bond acceptors (Lipinski definition) is 6. The van der Waals surface area contributed by atoms with E-state index in [1.54, 1.807) is 6.33 Å². The Morgan fingerprint density at radius 1 is 1.03 bits per heavy atom. The van der Waals surface area contributed by atoms with E-state index < -0.39 is 0 Å². The van der Waals surface area contributed by atoms with Gasteiger partial charge in [0.1, 0.15) is 11.8 Å². The van der Waals surface area contributed by atoms with Gasteiger partial charge in [0.05, 0.1) is 30.0 Å². The number of benzene rings is 2. The van der Waals surface area contributed by atoms with Crippen LogP contribution in [0.15, 0.2) is 55.1 Å². The molecule has 3 aromatic heterocycles. The SMILES string of the molecule is N#Cc1ccc(-c2cc(Cn3cnc4c(N)ncnc43)c3[nH]c(CN)cc3c2)cc1. The van der Waals surface area contributed by atoms with Gasteiger partial charge in [-0.1, -0.05) is 12.1 Å². The molecule has 2 aromatic carbocycles. The molecule has 0 saturated heterocycles. The first-order valence-corrected chi connectivity index (χ1v) is 9.42. The molecule has 0 aliphatic heterocycles. The maximum absolute atomic E-state index is 9.07. The second kappa shape index (κ2) is 6.99. The lowest BCUT2D eigenvalue weighted by atomic mass is 9.99. The maximum Gasteiger partial charge on any atom is 0.165 e. The van der Waals surface area contributed by atoms with Gasteiger partial charge in [0.2, 0.25) is 0 Å². The predicted octanol–water partition coefficient (Wildman–Crippen LogP) is 2.94. The van der Waals surface area contributed by atoms with Crippen LogP contribution in [0, 0.1) is 11.3 Å². The predicted molar refractivity (Wildman–Crippen MR) is 115 cm³/mol. The van der Waals surface area contributed by atoms with E-state index >= 15 is 0 Å². The fraction of sp³-hybridized carbons (Fsp3) is 0.0909. The summed E-state index contributed by atoms with van der Waals surface area (Å²) in [7, 11) is 0. The van der Waals surface area contributed by atoms with Gasteiger partial charge in [-0.15, -0.1) is 0 Å². The Morgan fingerprint density at radius 2 is 1.87 bits per heavy atom. The van der Waals surface area contributed by atoms with Crippen LogP contribution in [0.2, 0.25) is 0 Å². The summed E-state index contributed by atoms with van der Waals surface area (Å²) in [6.07, 6.45) is 3.17. The molecule has 3 heterocycles. The van der Waals surface area contributed by atoms with Crippen LogP contribution in [0.3, 0.4) is 0 Å². The summed E-state index contributed by atoms with van der Waals surface area (Å²) in [6, 6.07) is 16.1. The van der Waals surface area contributed by atoms with Crippen molar-refractivity contribution < 1.29 is 0 Å². The van der Waals surface area contributed by atoms with Gasteiger partial charge in [0.15, 0.2) is 11.5 Å². The molecular weight excluding hydrogens is 376 g/mol. The van der Waals surface area contributed by atoms with Crippen LogP contribution >= 0.6 is 0 Å². The van der Waals surface area contributed by atoms with Crippen LogP contribution in [-0.2, 0) is 13.1 Å². The molecule has 0 aliphatic rings. The van der Waals surface area contributed by atoms with E-state index in [1.807, 2.05) is 28.8 Å². The average Bonchev–Trinajstić information content (AvgIpc) is 3.39. The summed E-state index contributed by atoms with van der Waals surface area (Å²) >= 11 is 0. The first-order valence-electron chi connectivity index (χ1n) is 9.42. The van der Waals surface area contributed by atoms with Crippen LogP contribution in [0.4, 0.5) is 5.82 Å². The quantitative estimate of drug-likeness (QED) is 0.429. The van der Waals surface area contributed by atoms with Gasteiger partial charge >= 0.3 is 0 Å². The van der Waals surface area contributed by atoms with Gasteiger partial charge in [-0.2, -0.15) is 5.26 Å². The van der Waals surface area contributed by atoms with E-state index in [1.165, 1.54) is 6.33 Å². The summed E-state index contributed by atoms with van der Waals surface area (Å²) in [4.78, 5) is 16.1. The zero-order valence-corrected chi connectivity index (χ0v) is 16.0. The van der Waals surface area contributed by atoms with Gasteiger partial charge in [0.25, 0.3) is 0 Å². The number of nitrogen functional groups attached to an aromatic ring is 1. The molecule has 146 valence electrons. The van der Waals surface area contributed by atoms with Crippen molar-refractivity contribution >= 4 is 27.9 Å². The third-order valence-corrected chi connectivity index (χ3v) is 5.20. The van der Waals surface area contributed by atoms with Crippen LogP contribution in [0.5, 0.6) is 0 Å².